The zero-order valence-electron chi connectivity index (χ0n) is 20.2. The van der Waals surface area contributed by atoms with Crippen LogP contribution in [0.5, 0.6) is 0 Å². The van der Waals surface area contributed by atoms with E-state index in [1.807, 2.05) is 21.1 Å². The van der Waals surface area contributed by atoms with Crippen molar-refractivity contribution in [3.8, 4) is 0 Å². The Bertz CT molecular complexity index is 497. The van der Waals surface area contributed by atoms with Crippen molar-refractivity contribution in [2.75, 3.05) is 47.5 Å². The van der Waals surface area contributed by atoms with Crippen molar-refractivity contribution in [1.82, 2.24) is 0 Å². The van der Waals surface area contributed by atoms with E-state index in [0.29, 0.717) is 17.4 Å². The molecule has 0 spiro atoms. The monoisotopic (exact) mass is 468 g/mol. The van der Waals surface area contributed by atoms with Gasteiger partial charge in [-0.1, -0.05) is 71.1 Å². The van der Waals surface area contributed by atoms with Gasteiger partial charge in [0.1, 0.15) is 25.9 Å². The summed E-state index contributed by atoms with van der Waals surface area (Å²) in [6.07, 6.45) is 12.4. The SMILES string of the molecule is CCCCCCCCCCCCCC(=O)OC[C@@H](O)COP(=O)(O)OCC[N+](C)(C)C. The van der Waals surface area contributed by atoms with Crippen LogP contribution in [0, 0.1) is 0 Å². The van der Waals surface area contributed by atoms with Crippen LogP contribution in [0.1, 0.15) is 84.0 Å². The largest absolute Gasteiger partial charge is 0.472 e. The predicted octanol–water partition coefficient (Wildman–Crippen LogP) is 4.43. The van der Waals surface area contributed by atoms with E-state index in [0.717, 1.165) is 19.3 Å². The number of hydrogen-bond acceptors (Lipinski definition) is 6. The summed E-state index contributed by atoms with van der Waals surface area (Å²) in [6, 6.07) is 0. The second kappa shape index (κ2) is 18.0. The molecule has 0 rings (SSSR count). The van der Waals surface area contributed by atoms with Crippen LogP contribution in [0.2, 0.25) is 0 Å². The van der Waals surface area contributed by atoms with E-state index in [4.69, 9.17) is 13.8 Å². The lowest BCUT2D eigenvalue weighted by molar-refractivity contribution is -0.870. The lowest BCUT2D eigenvalue weighted by Crippen LogP contribution is -2.37. The van der Waals surface area contributed by atoms with E-state index in [1.165, 1.54) is 51.4 Å². The average molecular weight is 469 g/mol. The Morgan fingerprint density at radius 2 is 1.39 bits per heavy atom. The molecule has 2 N–H and O–H groups in total. The minimum Gasteiger partial charge on any atom is -0.463 e. The Balaban J connectivity index is 3.63. The highest BCUT2D eigenvalue weighted by molar-refractivity contribution is 7.47. The minimum absolute atomic E-state index is 0.0569. The van der Waals surface area contributed by atoms with Crippen molar-refractivity contribution < 1.29 is 37.6 Å². The summed E-state index contributed by atoms with van der Waals surface area (Å²) in [6.45, 7) is 2.11. The number of phosphoric ester groups is 1. The van der Waals surface area contributed by atoms with Gasteiger partial charge in [0.05, 0.1) is 27.7 Å². The van der Waals surface area contributed by atoms with Crippen LogP contribution in [0.4, 0.5) is 0 Å². The maximum atomic E-state index is 11.8. The molecule has 0 aliphatic rings. The minimum atomic E-state index is -4.23. The maximum absolute atomic E-state index is 11.8. The predicted molar refractivity (Wildman–Crippen MR) is 123 cm³/mol. The van der Waals surface area contributed by atoms with Crippen LogP contribution in [-0.4, -0.2) is 74.1 Å². The fourth-order valence-electron chi connectivity index (χ4n) is 2.89. The van der Waals surface area contributed by atoms with Gasteiger partial charge in [-0.15, -0.1) is 0 Å². The zero-order chi connectivity index (χ0) is 23.6. The van der Waals surface area contributed by atoms with Crippen molar-refractivity contribution in [1.29, 1.82) is 0 Å². The van der Waals surface area contributed by atoms with Crippen LogP contribution in [-0.2, 0) is 23.1 Å². The number of aliphatic hydroxyl groups is 1. The molecule has 1 unspecified atom stereocenters. The molecule has 0 amide bonds. The van der Waals surface area contributed by atoms with Gasteiger partial charge in [-0.25, -0.2) is 4.57 Å². The van der Waals surface area contributed by atoms with Crippen molar-refractivity contribution >= 4 is 13.8 Å². The number of hydrogen-bond donors (Lipinski definition) is 2. The molecule has 8 nitrogen and oxygen atoms in total. The third kappa shape index (κ3) is 22.5. The topological polar surface area (TPSA) is 102 Å². The smallest absolute Gasteiger partial charge is 0.463 e. The van der Waals surface area contributed by atoms with Crippen molar-refractivity contribution in [2.45, 2.75) is 90.1 Å². The van der Waals surface area contributed by atoms with Gasteiger partial charge in [-0.2, -0.15) is 0 Å². The van der Waals surface area contributed by atoms with E-state index >= 15 is 0 Å². The average Bonchev–Trinajstić information content (AvgIpc) is 2.67. The highest BCUT2D eigenvalue weighted by atomic mass is 31.2. The first kappa shape index (κ1) is 30.5. The molecule has 2 atom stereocenters. The third-order valence-corrected chi connectivity index (χ3v) is 5.85. The van der Waals surface area contributed by atoms with Gasteiger partial charge in [-0.3, -0.25) is 13.8 Å². The Morgan fingerprint density at radius 1 is 0.871 bits per heavy atom. The lowest BCUT2D eigenvalue weighted by Gasteiger charge is -2.24. The second-order valence-corrected chi connectivity index (χ2v) is 10.7. The van der Waals surface area contributed by atoms with Gasteiger partial charge in [0.15, 0.2) is 0 Å². The number of unbranched alkanes of at least 4 members (excludes halogenated alkanes) is 10. The summed E-state index contributed by atoms with van der Waals surface area (Å²) in [5.41, 5.74) is 0. The summed E-state index contributed by atoms with van der Waals surface area (Å²) in [7, 11) is 1.56. The second-order valence-electron chi connectivity index (χ2n) is 9.23. The quantitative estimate of drug-likeness (QED) is 0.111. The summed E-state index contributed by atoms with van der Waals surface area (Å²) < 4.78 is 26.9. The number of esters is 1. The van der Waals surface area contributed by atoms with E-state index in [2.05, 4.69) is 6.92 Å². The zero-order valence-corrected chi connectivity index (χ0v) is 21.1. The van der Waals surface area contributed by atoms with Gasteiger partial charge in [0.25, 0.3) is 0 Å². The molecule has 0 aromatic rings. The molecule has 0 aromatic heterocycles. The van der Waals surface area contributed by atoms with Gasteiger partial charge in [0.2, 0.25) is 0 Å². The van der Waals surface area contributed by atoms with Gasteiger partial charge < -0.3 is 19.2 Å². The number of carbonyl (C=O) groups is 1. The molecule has 0 aliphatic heterocycles. The number of rotatable bonds is 21. The van der Waals surface area contributed by atoms with Gasteiger partial charge in [-0.05, 0) is 6.42 Å². The maximum Gasteiger partial charge on any atom is 0.472 e. The van der Waals surface area contributed by atoms with Crippen molar-refractivity contribution in [3.05, 3.63) is 0 Å². The molecule has 0 aromatic carbocycles. The first-order valence-electron chi connectivity index (χ1n) is 11.8. The molecular weight excluding hydrogens is 421 g/mol. The normalized spacial score (nSPS) is 14.9. The molecule has 0 fully saturated rings. The van der Waals surface area contributed by atoms with Crippen molar-refractivity contribution in [3.63, 3.8) is 0 Å². The van der Waals surface area contributed by atoms with Crippen LogP contribution in [0.3, 0.4) is 0 Å². The Hall–Kier alpha value is -0.500. The Morgan fingerprint density at radius 3 is 1.90 bits per heavy atom. The first-order valence-corrected chi connectivity index (χ1v) is 13.3. The number of phosphoric acid groups is 1. The van der Waals surface area contributed by atoms with Crippen LogP contribution < -0.4 is 0 Å². The number of nitrogens with zero attached hydrogens (tertiary/aromatic N) is 1. The number of likely N-dealkylation sites (N-methyl/N-ethyl adjacent to an activating group) is 1. The Labute approximate surface area is 189 Å². The number of ether oxygens (including phenoxy) is 1. The molecule has 31 heavy (non-hydrogen) atoms. The van der Waals surface area contributed by atoms with Crippen molar-refractivity contribution in [2.24, 2.45) is 0 Å². The number of quaternary nitrogens is 1. The molecule has 0 saturated heterocycles. The fraction of sp³-hybridized carbons (Fsp3) is 0.955. The molecular formula is C22H47NO7P+. The molecule has 9 heteroatoms. The Kier molecular flexibility index (Phi) is 17.7. The lowest BCUT2D eigenvalue weighted by atomic mass is 10.1. The highest BCUT2D eigenvalue weighted by Gasteiger charge is 2.24. The fourth-order valence-corrected chi connectivity index (χ4v) is 3.64. The van der Waals surface area contributed by atoms with Crippen LogP contribution in [0.15, 0.2) is 0 Å². The standard InChI is InChI=1S/C22H46NO7P/c1-5-6-7-8-9-10-11-12-13-14-15-16-22(25)28-19-21(24)20-30-31(26,27)29-18-17-23(2,3)4/h21,24H,5-20H2,1-4H3/p+1/t21-/m1/s1. The van der Waals surface area contributed by atoms with Crippen LogP contribution in [0.25, 0.3) is 0 Å². The molecule has 0 saturated carbocycles. The third-order valence-electron chi connectivity index (χ3n) is 4.87. The molecule has 0 aliphatic carbocycles. The molecule has 0 bridgehead atoms. The van der Waals surface area contributed by atoms with Gasteiger partial charge in [0, 0.05) is 6.42 Å². The number of aliphatic hydroxyl groups excluding tert-OH is 1. The first-order chi connectivity index (χ1) is 14.6. The van der Waals surface area contributed by atoms with Gasteiger partial charge >= 0.3 is 13.8 Å². The molecule has 0 radical (unpaired) electrons. The van der Waals surface area contributed by atoms with Crippen LogP contribution >= 0.6 is 7.82 Å². The summed E-state index contributed by atoms with van der Waals surface area (Å²) >= 11 is 0. The number of carbonyl (C=O) groups excluding carboxylic acids is 1. The summed E-state index contributed by atoms with van der Waals surface area (Å²) in [5, 5.41) is 9.78. The summed E-state index contributed by atoms with van der Waals surface area (Å²) in [4.78, 5) is 21.3. The van der Waals surface area contributed by atoms with E-state index < -0.39 is 20.5 Å². The van der Waals surface area contributed by atoms with E-state index in [9.17, 15) is 19.4 Å². The molecule has 186 valence electrons. The summed E-state index contributed by atoms with van der Waals surface area (Å²) in [5.74, 6) is -0.374. The highest BCUT2D eigenvalue weighted by Crippen LogP contribution is 2.43. The van der Waals surface area contributed by atoms with E-state index in [1.54, 1.807) is 0 Å². The molecule has 0 heterocycles. The van der Waals surface area contributed by atoms with E-state index in [-0.39, 0.29) is 19.2 Å².